The Morgan fingerprint density at radius 2 is 1.65 bits per heavy atom. The van der Waals surface area contributed by atoms with Gasteiger partial charge in [-0.25, -0.2) is 23.0 Å². The van der Waals surface area contributed by atoms with Gasteiger partial charge >= 0.3 is 12.1 Å². The van der Waals surface area contributed by atoms with Crippen LogP contribution in [0.1, 0.15) is 57.1 Å². The second-order valence-corrected chi connectivity index (χ2v) is 14.1. The summed E-state index contributed by atoms with van der Waals surface area (Å²) in [5.41, 5.74) is 3.50. The second-order valence-electron chi connectivity index (χ2n) is 11.3. The average molecular weight is 629 g/mol. The summed E-state index contributed by atoms with van der Waals surface area (Å²) >= 11 is 1.39. The molecule has 232 valence electrons. The van der Waals surface area contributed by atoms with E-state index in [-0.39, 0.29) is 37.7 Å². The highest BCUT2D eigenvalue weighted by Crippen LogP contribution is 2.35. The van der Waals surface area contributed by atoms with Crippen LogP contribution in [0.15, 0.2) is 52.7 Å². The van der Waals surface area contributed by atoms with Crippen molar-refractivity contribution in [2.45, 2.75) is 58.5 Å². The molecule has 1 aromatic heterocycles. The van der Waals surface area contributed by atoms with Gasteiger partial charge < -0.3 is 19.3 Å². The van der Waals surface area contributed by atoms with Crippen molar-refractivity contribution in [1.82, 2.24) is 14.2 Å². The topological polar surface area (TPSA) is 109 Å². The quantitative estimate of drug-likeness (QED) is 0.262. The Morgan fingerprint density at radius 1 is 1.00 bits per heavy atom. The van der Waals surface area contributed by atoms with E-state index >= 15 is 0 Å². The number of piperazine rings is 1. The number of rotatable bonds is 9. The molecule has 3 aromatic rings. The Kier molecular flexibility index (Phi) is 10.1. The third kappa shape index (κ3) is 7.73. The van der Waals surface area contributed by atoms with Crippen LogP contribution in [0.25, 0.3) is 11.1 Å². The molecule has 1 aliphatic heterocycles. The normalized spacial score (nSPS) is 14.4. The van der Waals surface area contributed by atoms with Gasteiger partial charge in [0.2, 0.25) is 10.0 Å². The molecule has 0 unspecified atom stereocenters. The molecule has 12 heteroatoms. The number of ether oxygens (including phenoxy) is 2. The number of carbonyl (C=O) groups is 2. The summed E-state index contributed by atoms with van der Waals surface area (Å²) in [7, 11) is -3.72. The van der Waals surface area contributed by atoms with Gasteiger partial charge in [0.25, 0.3) is 0 Å². The Bertz CT molecular complexity index is 1540. The Balaban J connectivity index is 1.51. The molecule has 2 heterocycles. The van der Waals surface area contributed by atoms with E-state index in [1.807, 2.05) is 31.2 Å². The van der Waals surface area contributed by atoms with Crippen LogP contribution in [0.2, 0.25) is 0 Å². The summed E-state index contributed by atoms with van der Waals surface area (Å²) in [4.78, 5) is 33.0. The standard InChI is InChI=1S/C31H40N4O6S2/c1-7-15-35(29-32-26(21-42-29)28(36)40-8-2)27-20-24(10-9-22(27)3)23-11-13-25(14-12-23)43(38,39)34-18-16-33(17-19-34)30(37)41-31(4,5)6/h9-14,20-21H,7-8,15-19H2,1-6H3. The molecule has 0 radical (unpaired) electrons. The Morgan fingerprint density at radius 3 is 2.26 bits per heavy atom. The van der Waals surface area contributed by atoms with Crippen LogP contribution in [-0.4, -0.2) is 79.6 Å². The first-order chi connectivity index (χ1) is 20.3. The van der Waals surface area contributed by atoms with E-state index < -0.39 is 27.7 Å². The van der Waals surface area contributed by atoms with Gasteiger partial charge in [-0.3, -0.25) is 0 Å². The van der Waals surface area contributed by atoms with Crippen molar-refractivity contribution in [2.75, 3.05) is 44.2 Å². The molecule has 0 N–H and O–H groups in total. The first kappa shape index (κ1) is 32.4. The van der Waals surface area contributed by atoms with Gasteiger partial charge in [-0.05, 0) is 75.9 Å². The van der Waals surface area contributed by atoms with Crippen LogP contribution >= 0.6 is 11.3 Å². The van der Waals surface area contributed by atoms with Crippen molar-refractivity contribution in [1.29, 1.82) is 0 Å². The summed E-state index contributed by atoms with van der Waals surface area (Å²) in [6, 6.07) is 13.0. The highest BCUT2D eigenvalue weighted by Gasteiger charge is 2.32. The van der Waals surface area contributed by atoms with Crippen molar-refractivity contribution in [3.05, 3.63) is 59.1 Å². The summed E-state index contributed by atoms with van der Waals surface area (Å²) in [6.45, 7) is 13.2. The van der Waals surface area contributed by atoms with Crippen molar-refractivity contribution in [3.63, 3.8) is 0 Å². The monoisotopic (exact) mass is 628 g/mol. The lowest BCUT2D eigenvalue weighted by Gasteiger charge is -2.35. The minimum Gasteiger partial charge on any atom is -0.461 e. The number of carbonyl (C=O) groups excluding carboxylic acids is 2. The number of amides is 1. The number of aryl methyl sites for hydroxylation is 1. The predicted molar refractivity (Wildman–Crippen MR) is 169 cm³/mol. The fourth-order valence-electron chi connectivity index (χ4n) is 4.72. The van der Waals surface area contributed by atoms with E-state index in [0.717, 1.165) is 28.8 Å². The largest absolute Gasteiger partial charge is 0.461 e. The van der Waals surface area contributed by atoms with Crippen molar-refractivity contribution in [2.24, 2.45) is 0 Å². The molecule has 4 rings (SSSR count). The molecule has 10 nitrogen and oxygen atoms in total. The summed E-state index contributed by atoms with van der Waals surface area (Å²) in [5, 5.41) is 2.42. The van der Waals surface area contributed by atoms with Crippen molar-refractivity contribution >= 4 is 44.2 Å². The molecule has 0 saturated carbocycles. The molecular formula is C31H40N4O6S2. The fraction of sp³-hybridized carbons (Fsp3) is 0.452. The first-order valence-electron chi connectivity index (χ1n) is 14.4. The van der Waals surface area contributed by atoms with Gasteiger partial charge in [-0.15, -0.1) is 11.3 Å². The van der Waals surface area contributed by atoms with E-state index in [9.17, 15) is 18.0 Å². The number of sulfonamides is 1. The van der Waals surface area contributed by atoms with Crippen LogP contribution in [-0.2, 0) is 19.5 Å². The number of hydrogen-bond donors (Lipinski definition) is 0. The SMILES string of the molecule is CCCN(c1nc(C(=O)OCC)cs1)c1cc(-c2ccc(S(=O)(=O)N3CCN(C(=O)OC(C)(C)C)CC3)cc2)ccc1C. The first-order valence-corrected chi connectivity index (χ1v) is 16.8. The molecule has 43 heavy (non-hydrogen) atoms. The smallest absolute Gasteiger partial charge is 0.410 e. The van der Waals surface area contributed by atoms with Gasteiger partial charge in [0.15, 0.2) is 10.8 Å². The number of anilines is 2. The van der Waals surface area contributed by atoms with E-state index in [1.54, 1.807) is 50.1 Å². The summed E-state index contributed by atoms with van der Waals surface area (Å²) in [5.74, 6) is -0.438. The molecule has 0 bridgehead atoms. The lowest BCUT2D eigenvalue weighted by atomic mass is 10.0. The number of hydrogen-bond acceptors (Lipinski definition) is 9. The van der Waals surface area contributed by atoms with Crippen LogP contribution in [0.4, 0.5) is 15.6 Å². The molecule has 0 aliphatic carbocycles. The molecule has 1 aliphatic rings. The number of aromatic nitrogens is 1. The molecule has 1 saturated heterocycles. The molecule has 1 fully saturated rings. The Labute approximate surface area is 258 Å². The summed E-state index contributed by atoms with van der Waals surface area (Å²) in [6.07, 6.45) is 0.439. The zero-order valence-corrected chi connectivity index (χ0v) is 27.3. The molecular weight excluding hydrogens is 588 g/mol. The van der Waals surface area contributed by atoms with Gasteiger partial charge in [0.1, 0.15) is 5.60 Å². The maximum atomic E-state index is 13.4. The highest BCUT2D eigenvalue weighted by atomic mass is 32.2. The molecule has 0 atom stereocenters. The third-order valence-corrected chi connectivity index (χ3v) is 9.65. The Hall–Kier alpha value is -3.48. The molecule has 1 amide bonds. The average Bonchev–Trinajstić information content (AvgIpc) is 3.46. The number of thiazole rings is 1. The lowest BCUT2D eigenvalue weighted by Crippen LogP contribution is -2.51. The zero-order chi connectivity index (χ0) is 31.4. The van der Waals surface area contributed by atoms with Crippen molar-refractivity contribution < 1.29 is 27.5 Å². The predicted octanol–water partition coefficient (Wildman–Crippen LogP) is 6.08. The van der Waals surface area contributed by atoms with E-state index in [2.05, 4.69) is 22.9 Å². The highest BCUT2D eigenvalue weighted by molar-refractivity contribution is 7.89. The second kappa shape index (κ2) is 13.4. The maximum absolute atomic E-state index is 13.4. The van der Waals surface area contributed by atoms with E-state index in [0.29, 0.717) is 17.4 Å². The third-order valence-electron chi connectivity index (χ3n) is 6.87. The maximum Gasteiger partial charge on any atom is 0.410 e. The van der Waals surface area contributed by atoms with E-state index in [1.165, 1.54) is 15.6 Å². The van der Waals surface area contributed by atoms with Crippen LogP contribution in [0.5, 0.6) is 0 Å². The number of benzene rings is 2. The zero-order valence-electron chi connectivity index (χ0n) is 25.6. The van der Waals surface area contributed by atoms with Gasteiger partial charge in [0.05, 0.1) is 11.5 Å². The summed E-state index contributed by atoms with van der Waals surface area (Å²) < 4.78 is 38.7. The van der Waals surface area contributed by atoms with E-state index in [4.69, 9.17) is 9.47 Å². The lowest BCUT2D eigenvalue weighted by molar-refractivity contribution is 0.0192. The van der Waals surface area contributed by atoms with Gasteiger partial charge in [0, 0.05) is 43.8 Å². The minimum atomic E-state index is -3.72. The minimum absolute atomic E-state index is 0.201. The number of esters is 1. The van der Waals surface area contributed by atoms with Crippen LogP contribution < -0.4 is 4.90 Å². The number of nitrogens with zero attached hydrogens (tertiary/aromatic N) is 4. The molecule has 2 aromatic carbocycles. The van der Waals surface area contributed by atoms with Crippen LogP contribution in [0, 0.1) is 6.92 Å². The van der Waals surface area contributed by atoms with Gasteiger partial charge in [-0.2, -0.15) is 4.31 Å². The molecule has 0 spiro atoms. The van der Waals surface area contributed by atoms with Gasteiger partial charge in [-0.1, -0.05) is 31.2 Å². The van der Waals surface area contributed by atoms with Crippen molar-refractivity contribution in [3.8, 4) is 11.1 Å². The van der Waals surface area contributed by atoms with Crippen LogP contribution in [0.3, 0.4) is 0 Å². The fourth-order valence-corrected chi connectivity index (χ4v) is 6.97.